The van der Waals surface area contributed by atoms with Gasteiger partial charge in [0.25, 0.3) is 0 Å². The first kappa shape index (κ1) is 53.7. The number of rotatable bonds is 46. The average molecular weight is 769 g/mol. The van der Waals surface area contributed by atoms with Crippen LogP contribution in [-0.4, -0.2) is 12.6 Å². The Balaban J connectivity index is 3.17. The van der Waals surface area contributed by atoms with E-state index in [9.17, 15) is 4.79 Å². The Bertz CT molecular complexity index is 807. The van der Waals surface area contributed by atoms with E-state index in [4.69, 9.17) is 4.74 Å². The minimum atomic E-state index is 0.0109. The Labute approximate surface area is 347 Å². The highest BCUT2D eigenvalue weighted by Gasteiger charge is 2.03. The molecule has 0 amide bonds. The first-order chi connectivity index (χ1) is 27.2. The minimum Gasteiger partial charge on any atom is -0.466 e. The molecule has 0 aliphatic rings. The molecule has 0 radical (unpaired) electrons. The average Bonchev–Trinajstić information content (AvgIpc) is 3.18. The lowest BCUT2D eigenvalue weighted by Gasteiger charge is -2.06. The first-order valence-corrected chi connectivity index (χ1v) is 25.3. The van der Waals surface area contributed by atoms with E-state index in [-0.39, 0.29) is 5.97 Å². The van der Waals surface area contributed by atoms with E-state index in [1.807, 2.05) is 0 Å². The normalized spacial score (nSPS) is 12.1. The highest BCUT2D eigenvalue weighted by Crippen LogP contribution is 2.17. The topological polar surface area (TPSA) is 26.3 Å². The van der Waals surface area contributed by atoms with Gasteiger partial charge in [0.1, 0.15) is 0 Å². The lowest BCUT2D eigenvalue weighted by molar-refractivity contribution is -0.143. The Hall–Kier alpha value is -1.31. The smallest absolute Gasteiger partial charge is 0.305 e. The van der Waals surface area contributed by atoms with E-state index in [0.29, 0.717) is 13.0 Å². The van der Waals surface area contributed by atoms with Crippen molar-refractivity contribution in [3.63, 3.8) is 0 Å². The van der Waals surface area contributed by atoms with Gasteiger partial charge in [-0.2, -0.15) is 0 Å². The van der Waals surface area contributed by atoms with E-state index >= 15 is 0 Å². The van der Waals surface area contributed by atoms with Gasteiger partial charge in [-0.25, -0.2) is 0 Å². The maximum atomic E-state index is 12.0. The number of unbranched alkanes of at least 4 members (excludes halogenated alkanes) is 34. The molecule has 0 aliphatic carbocycles. The van der Waals surface area contributed by atoms with Gasteiger partial charge in [0.05, 0.1) is 6.61 Å². The number of hydrogen-bond donors (Lipinski definition) is 0. The molecule has 2 nitrogen and oxygen atoms in total. The van der Waals surface area contributed by atoms with Crippen LogP contribution in [0.25, 0.3) is 0 Å². The summed E-state index contributed by atoms with van der Waals surface area (Å²) in [6.07, 6.45) is 68.6. The summed E-state index contributed by atoms with van der Waals surface area (Å²) < 4.78 is 5.47. The summed E-state index contributed by atoms with van der Waals surface area (Å²) in [7, 11) is 0. The summed E-state index contributed by atoms with van der Waals surface area (Å²) in [5.74, 6) is 0.899. The zero-order valence-corrected chi connectivity index (χ0v) is 38.1. The Morgan fingerprint density at radius 2 is 0.691 bits per heavy atom. The monoisotopic (exact) mass is 769 g/mol. The molecule has 0 fully saturated rings. The maximum Gasteiger partial charge on any atom is 0.305 e. The molecule has 2 heteroatoms. The molecule has 0 unspecified atom stereocenters. The molecule has 324 valence electrons. The van der Waals surface area contributed by atoms with Gasteiger partial charge >= 0.3 is 5.97 Å². The molecule has 0 rings (SSSR count). The molecule has 0 bridgehead atoms. The molecular formula is C53H100O2. The molecule has 0 aliphatic heterocycles. The molecule has 0 spiro atoms. The molecule has 0 N–H and O–H groups in total. The van der Waals surface area contributed by atoms with Gasteiger partial charge < -0.3 is 4.74 Å². The van der Waals surface area contributed by atoms with Crippen LogP contribution < -0.4 is 0 Å². The number of hydrogen-bond acceptors (Lipinski definition) is 2. The van der Waals surface area contributed by atoms with Gasteiger partial charge in [0, 0.05) is 6.42 Å². The third-order valence-corrected chi connectivity index (χ3v) is 11.5. The molecule has 0 heterocycles. The number of esters is 1. The second-order valence-electron chi connectivity index (χ2n) is 17.6. The lowest BCUT2D eigenvalue weighted by Crippen LogP contribution is -2.05. The van der Waals surface area contributed by atoms with Gasteiger partial charge in [-0.05, 0) is 50.9 Å². The van der Waals surface area contributed by atoms with E-state index in [1.165, 1.54) is 218 Å². The second kappa shape index (κ2) is 48.8. The standard InChI is InChI=1S/C53H100O2/c1-4-5-6-7-8-9-10-11-28-32-35-38-41-44-47-50-53(54)55-51-48-45-42-39-36-33-30-27-25-23-21-19-17-15-13-12-14-16-18-20-22-24-26-29-31-34-37-40-43-46-49-52(2)3/h5-6,8-9,11,28,52H,4,7,10,12-27,29-51H2,1-3H3/b6-5-,9-8-,28-11-. The maximum absolute atomic E-state index is 12.0. The van der Waals surface area contributed by atoms with Crippen LogP contribution >= 0.6 is 0 Å². The van der Waals surface area contributed by atoms with Crippen molar-refractivity contribution in [2.24, 2.45) is 5.92 Å². The van der Waals surface area contributed by atoms with Gasteiger partial charge in [-0.15, -0.1) is 0 Å². The fourth-order valence-corrected chi connectivity index (χ4v) is 7.75. The fourth-order valence-electron chi connectivity index (χ4n) is 7.75. The summed E-state index contributed by atoms with van der Waals surface area (Å²) in [6.45, 7) is 7.49. The van der Waals surface area contributed by atoms with Crippen molar-refractivity contribution < 1.29 is 9.53 Å². The Morgan fingerprint density at radius 1 is 0.382 bits per heavy atom. The summed E-state index contributed by atoms with van der Waals surface area (Å²) in [5, 5.41) is 0. The number of carbonyl (C=O) groups excluding carboxylic acids is 1. The Kier molecular flexibility index (Phi) is 47.7. The van der Waals surface area contributed by atoms with Crippen molar-refractivity contribution in [1.29, 1.82) is 0 Å². The van der Waals surface area contributed by atoms with Crippen LogP contribution in [0.5, 0.6) is 0 Å². The van der Waals surface area contributed by atoms with Crippen molar-refractivity contribution in [2.75, 3.05) is 6.61 Å². The summed E-state index contributed by atoms with van der Waals surface area (Å²) in [4.78, 5) is 12.0. The molecule has 0 saturated heterocycles. The molecule has 0 aromatic rings. The second-order valence-corrected chi connectivity index (χ2v) is 17.6. The highest BCUT2D eigenvalue weighted by molar-refractivity contribution is 5.69. The molecule has 0 saturated carbocycles. The van der Waals surface area contributed by atoms with Gasteiger partial charge in [0.15, 0.2) is 0 Å². The van der Waals surface area contributed by atoms with Crippen LogP contribution in [0.4, 0.5) is 0 Å². The van der Waals surface area contributed by atoms with Crippen LogP contribution in [0.1, 0.15) is 284 Å². The summed E-state index contributed by atoms with van der Waals surface area (Å²) >= 11 is 0. The van der Waals surface area contributed by atoms with Crippen LogP contribution in [-0.2, 0) is 9.53 Å². The third-order valence-electron chi connectivity index (χ3n) is 11.5. The van der Waals surface area contributed by atoms with E-state index in [1.54, 1.807) is 0 Å². The third kappa shape index (κ3) is 50.7. The largest absolute Gasteiger partial charge is 0.466 e. The summed E-state index contributed by atoms with van der Waals surface area (Å²) in [6, 6.07) is 0. The van der Waals surface area contributed by atoms with E-state index < -0.39 is 0 Å². The summed E-state index contributed by atoms with van der Waals surface area (Å²) in [5.41, 5.74) is 0. The van der Waals surface area contributed by atoms with Crippen molar-refractivity contribution >= 4 is 5.97 Å². The van der Waals surface area contributed by atoms with Crippen LogP contribution in [0, 0.1) is 5.92 Å². The molecule has 55 heavy (non-hydrogen) atoms. The zero-order valence-electron chi connectivity index (χ0n) is 38.1. The van der Waals surface area contributed by atoms with Crippen molar-refractivity contribution in [3.8, 4) is 0 Å². The number of carbonyl (C=O) groups is 1. The number of ether oxygens (including phenoxy) is 1. The molecule has 0 atom stereocenters. The zero-order chi connectivity index (χ0) is 39.8. The molecular weight excluding hydrogens is 669 g/mol. The first-order valence-electron chi connectivity index (χ1n) is 25.3. The predicted octanol–water partition coefficient (Wildman–Crippen LogP) is 18.9. The highest BCUT2D eigenvalue weighted by atomic mass is 16.5. The minimum absolute atomic E-state index is 0.0109. The molecule has 0 aromatic heterocycles. The van der Waals surface area contributed by atoms with Crippen LogP contribution in [0.3, 0.4) is 0 Å². The van der Waals surface area contributed by atoms with Crippen molar-refractivity contribution in [1.82, 2.24) is 0 Å². The number of allylic oxidation sites excluding steroid dienone is 6. The molecule has 0 aromatic carbocycles. The van der Waals surface area contributed by atoms with Crippen LogP contribution in [0.15, 0.2) is 36.5 Å². The van der Waals surface area contributed by atoms with Crippen molar-refractivity contribution in [3.05, 3.63) is 36.5 Å². The fraction of sp³-hybridized carbons (Fsp3) is 0.868. The Morgan fingerprint density at radius 3 is 1.07 bits per heavy atom. The van der Waals surface area contributed by atoms with Crippen molar-refractivity contribution in [2.45, 2.75) is 284 Å². The lowest BCUT2D eigenvalue weighted by atomic mass is 10.0. The van der Waals surface area contributed by atoms with E-state index in [0.717, 1.165) is 44.4 Å². The van der Waals surface area contributed by atoms with Gasteiger partial charge in [-0.1, -0.05) is 269 Å². The predicted molar refractivity (Wildman–Crippen MR) is 248 cm³/mol. The van der Waals surface area contributed by atoms with Crippen LogP contribution in [0.2, 0.25) is 0 Å². The van der Waals surface area contributed by atoms with Gasteiger partial charge in [0.2, 0.25) is 0 Å². The van der Waals surface area contributed by atoms with E-state index in [2.05, 4.69) is 57.2 Å². The SMILES string of the molecule is CC/C=C\C/C=C\C/C=C\CCCCCCCC(=O)OCCCCCCCCCCCCCCCCCCCCCCCCCCCCCCCCC(C)C. The quantitative estimate of drug-likeness (QED) is 0.0350. The van der Waals surface area contributed by atoms with Gasteiger partial charge in [-0.3, -0.25) is 4.79 Å².